The van der Waals surface area contributed by atoms with Crippen LogP contribution in [0.1, 0.15) is 16.7 Å². The molecule has 3 aromatic rings. The Hall–Kier alpha value is -2.95. The molecule has 1 amide bonds. The van der Waals surface area contributed by atoms with Crippen molar-refractivity contribution in [3.63, 3.8) is 0 Å². The molecule has 130 valence electrons. The lowest BCUT2D eigenvalue weighted by Crippen LogP contribution is -2.43. The molecule has 4 nitrogen and oxygen atoms in total. The van der Waals surface area contributed by atoms with Crippen molar-refractivity contribution in [3.05, 3.63) is 107 Å². The zero-order valence-corrected chi connectivity index (χ0v) is 14.6. The van der Waals surface area contributed by atoms with Crippen LogP contribution in [0.2, 0.25) is 5.02 Å². The molecule has 0 radical (unpaired) electrons. The zero-order chi connectivity index (χ0) is 18.4. The molecule has 0 spiro atoms. The van der Waals surface area contributed by atoms with Gasteiger partial charge < -0.3 is 5.11 Å². The SMILES string of the molecule is O=C(NN=Cc1ccccc1Cl)C(O)(c1ccccc1)c1ccccc1. The predicted molar refractivity (Wildman–Crippen MR) is 103 cm³/mol. The van der Waals surface area contributed by atoms with E-state index in [4.69, 9.17) is 11.6 Å². The van der Waals surface area contributed by atoms with E-state index in [1.807, 2.05) is 24.3 Å². The minimum atomic E-state index is -1.86. The molecule has 2 N–H and O–H groups in total. The first-order chi connectivity index (χ1) is 12.6. The number of benzene rings is 3. The molecule has 5 heteroatoms. The summed E-state index contributed by atoms with van der Waals surface area (Å²) in [4.78, 5) is 12.8. The van der Waals surface area contributed by atoms with E-state index in [0.717, 1.165) is 0 Å². The molecule has 0 bridgehead atoms. The summed E-state index contributed by atoms with van der Waals surface area (Å²) in [6.07, 6.45) is 1.44. The number of aliphatic hydroxyl groups is 1. The van der Waals surface area contributed by atoms with Crippen molar-refractivity contribution in [3.8, 4) is 0 Å². The van der Waals surface area contributed by atoms with Gasteiger partial charge in [-0.3, -0.25) is 4.79 Å². The van der Waals surface area contributed by atoms with Crippen LogP contribution in [0.3, 0.4) is 0 Å². The minimum absolute atomic E-state index is 0.455. The average Bonchev–Trinajstić information content (AvgIpc) is 2.70. The van der Waals surface area contributed by atoms with Gasteiger partial charge in [0.05, 0.1) is 6.21 Å². The molecule has 0 saturated heterocycles. The maximum Gasteiger partial charge on any atom is 0.281 e. The molecular formula is C21H17ClN2O2. The van der Waals surface area contributed by atoms with Gasteiger partial charge in [-0.15, -0.1) is 0 Å². The van der Waals surface area contributed by atoms with Crippen molar-refractivity contribution in [2.45, 2.75) is 5.60 Å². The maximum absolute atomic E-state index is 12.8. The number of carbonyl (C=O) groups is 1. The summed E-state index contributed by atoms with van der Waals surface area (Å²) < 4.78 is 0. The van der Waals surface area contributed by atoms with Crippen LogP contribution in [0.4, 0.5) is 0 Å². The van der Waals surface area contributed by atoms with E-state index in [-0.39, 0.29) is 0 Å². The van der Waals surface area contributed by atoms with E-state index in [0.29, 0.717) is 21.7 Å². The summed E-state index contributed by atoms with van der Waals surface area (Å²) in [5, 5.41) is 15.7. The van der Waals surface area contributed by atoms with Gasteiger partial charge >= 0.3 is 0 Å². The number of hydrogen-bond donors (Lipinski definition) is 2. The quantitative estimate of drug-likeness (QED) is 0.535. The Labute approximate surface area is 156 Å². The van der Waals surface area contributed by atoms with Gasteiger partial charge in [0.25, 0.3) is 5.91 Å². The van der Waals surface area contributed by atoms with Crippen LogP contribution in [0.25, 0.3) is 0 Å². The number of nitrogens with zero attached hydrogens (tertiary/aromatic N) is 1. The normalized spacial score (nSPS) is 11.5. The van der Waals surface area contributed by atoms with Crippen LogP contribution >= 0.6 is 11.6 Å². The van der Waals surface area contributed by atoms with E-state index in [2.05, 4.69) is 10.5 Å². The number of amides is 1. The third kappa shape index (κ3) is 3.67. The van der Waals surface area contributed by atoms with Crippen LogP contribution in [-0.4, -0.2) is 17.2 Å². The molecule has 0 heterocycles. The first kappa shape index (κ1) is 17.9. The summed E-state index contributed by atoms with van der Waals surface area (Å²) in [5.41, 5.74) is 2.13. The van der Waals surface area contributed by atoms with Gasteiger partial charge in [-0.25, -0.2) is 5.43 Å². The van der Waals surface area contributed by atoms with Gasteiger partial charge in [0.2, 0.25) is 0 Å². The summed E-state index contributed by atoms with van der Waals surface area (Å²) in [7, 11) is 0. The smallest absolute Gasteiger partial charge is 0.281 e. The van der Waals surface area contributed by atoms with E-state index < -0.39 is 11.5 Å². The van der Waals surface area contributed by atoms with E-state index in [1.165, 1.54) is 6.21 Å². The zero-order valence-electron chi connectivity index (χ0n) is 13.8. The lowest BCUT2D eigenvalue weighted by atomic mass is 9.85. The van der Waals surface area contributed by atoms with Gasteiger partial charge in [-0.2, -0.15) is 5.10 Å². The highest BCUT2D eigenvalue weighted by atomic mass is 35.5. The molecule has 3 aromatic carbocycles. The first-order valence-corrected chi connectivity index (χ1v) is 8.41. The Morgan fingerprint density at radius 1 is 0.885 bits per heavy atom. The number of hydrogen-bond acceptors (Lipinski definition) is 3. The van der Waals surface area contributed by atoms with Crippen molar-refractivity contribution >= 4 is 23.7 Å². The van der Waals surface area contributed by atoms with Crippen LogP contribution in [0.5, 0.6) is 0 Å². The second-order valence-corrected chi connectivity index (χ2v) is 6.07. The standard InChI is InChI=1S/C21H17ClN2O2/c22-19-14-8-7-9-16(19)15-23-24-20(25)21(26,17-10-3-1-4-11-17)18-12-5-2-6-13-18/h1-15,26H,(H,24,25). The highest BCUT2D eigenvalue weighted by Crippen LogP contribution is 2.29. The fourth-order valence-electron chi connectivity index (χ4n) is 2.61. The molecular weight excluding hydrogens is 348 g/mol. The van der Waals surface area contributed by atoms with Gasteiger partial charge in [0.15, 0.2) is 5.60 Å². The van der Waals surface area contributed by atoms with Gasteiger partial charge in [0, 0.05) is 10.6 Å². The Morgan fingerprint density at radius 3 is 1.92 bits per heavy atom. The molecule has 0 fully saturated rings. The molecule has 0 aliphatic rings. The highest BCUT2D eigenvalue weighted by Gasteiger charge is 2.39. The second-order valence-electron chi connectivity index (χ2n) is 5.66. The molecule has 0 aliphatic heterocycles. The van der Waals surface area contributed by atoms with E-state index in [9.17, 15) is 9.90 Å². The number of rotatable bonds is 5. The Morgan fingerprint density at radius 2 is 1.38 bits per heavy atom. The summed E-state index contributed by atoms with van der Waals surface area (Å²) >= 11 is 6.07. The first-order valence-electron chi connectivity index (χ1n) is 8.04. The predicted octanol–water partition coefficient (Wildman–Crippen LogP) is 3.73. The third-order valence-corrected chi connectivity index (χ3v) is 4.33. The van der Waals surface area contributed by atoms with Crippen molar-refractivity contribution in [2.24, 2.45) is 5.10 Å². The van der Waals surface area contributed by atoms with Gasteiger partial charge in [-0.05, 0) is 17.2 Å². The fourth-order valence-corrected chi connectivity index (χ4v) is 2.79. The number of hydrazone groups is 1. The fraction of sp³-hybridized carbons (Fsp3) is 0.0476. The van der Waals surface area contributed by atoms with Crippen molar-refractivity contribution in [2.75, 3.05) is 0 Å². The molecule has 0 saturated carbocycles. The third-order valence-electron chi connectivity index (χ3n) is 3.99. The summed E-state index contributed by atoms with van der Waals surface area (Å²) in [6, 6.07) is 24.6. The topological polar surface area (TPSA) is 61.7 Å². The van der Waals surface area contributed by atoms with Crippen LogP contribution in [0, 0.1) is 0 Å². The lowest BCUT2D eigenvalue weighted by molar-refractivity contribution is -0.136. The van der Waals surface area contributed by atoms with Crippen molar-refractivity contribution in [1.82, 2.24) is 5.43 Å². The molecule has 26 heavy (non-hydrogen) atoms. The molecule has 3 rings (SSSR count). The van der Waals surface area contributed by atoms with E-state index in [1.54, 1.807) is 60.7 Å². The molecule has 0 atom stereocenters. The lowest BCUT2D eigenvalue weighted by Gasteiger charge is -2.27. The van der Waals surface area contributed by atoms with E-state index >= 15 is 0 Å². The Bertz CT molecular complexity index is 872. The van der Waals surface area contributed by atoms with Crippen LogP contribution in [0.15, 0.2) is 90.0 Å². The van der Waals surface area contributed by atoms with Gasteiger partial charge in [-0.1, -0.05) is 90.5 Å². The molecule has 0 aromatic heterocycles. The minimum Gasteiger partial charge on any atom is -0.372 e. The van der Waals surface area contributed by atoms with Crippen LogP contribution in [-0.2, 0) is 10.4 Å². The largest absolute Gasteiger partial charge is 0.372 e. The number of nitrogens with one attached hydrogen (secondary N) is 1. The monoisotopic (exact) mass is 364 g/mol. The Kier molecular flexibility index (Phi) is 5.46. The molecule has 0 unspecified atom stereocenters. The summed E-state index contributed by atoms with van der Waals surface area (Å²) in [5.74, 6) is -0.654. The number of carbonyl (C=O) groups excluding carboxylic acids is 1. The number of halogens is 1. The van der Waals surface area contributed by atoms with Crippen molar-refractivity contribution < 1.29 is 9.90 Å². The van der Waals surface area contributed by atoms with Gasteiger partial charge in [0.1, 0.15) is 0 Å². The summed E-state index contributed by atoms with van der Waals surface area (Å²) in [6.45, 7) is 0. The second kappa shape index (κ2) is 7.95. The molecule has 0 aliphatic carbocycles. The Balaban J connectivity index is 1.90. The maximum atomic E-state index is 12.8. The van der Waals surface area contributed by atoms with Crippen molar-refractivity contribution in [1.29, 1.82) is 0 Å². The average molecular weight is 365 g/mol. The highest BCUT2D eigenvalue weighted by molar-refractivity contribution is 6.33. The van der Waals surface area contributed by atoms with Crippen LogP contribution < -0.4 is 5.43 Å².